The maximum atomic E-state index is 10.9. The fourth-order valence-corrected chi connectivity index (χ4v) is 2.06. The van der Waals surface area contributed by atoms with Gasteiger partial charge >= 0.3 is 5.97 Å². The fourth-order valence-electron chi connectivity index (χ4n) is 1.82. The van der Waals surface area contributed by atoms with Crippen LogP contribution in [0.3, 0.4) is 0 Å². The third kappa shape index (κ3) is 1.43. The number of hydrogen-bond donors (Lipinski definition) is 2. The maximum absolute atomic E-state index is 10.9. The molecule has 0 atom stereocenters. The number of carboxylic acid groups (broad SMARTS) is 1. The number of nitrogens with one attached hydrogen (secondary N) is 1. The molecular formula is C11H6ClN3O2. The highest BCUT2D eigenvalue weighted by Crippen LogP contribution is 2.29. The molecule has 0 amide bonds. The summed E-state index contributed by atoms with van der Waals surface area (Å²) in [6, 6.07) is 4.78. The average Bonchev–Trinajstić information content (AvgIpc) is 2.67. The Bertz CT molecular complexity index is 751. The Morgan fingerprint density at radius 1 is 1.35 bits per heavy atom. The minimum Gasteiger partial charge on any atom is -0.478 e. The molecule has 2 N–H and O–H groups in total. The first-order chi connectivity index (χ1) is 8.16. The third-order valence-corrected chi connectivity index (χ3v) is 2.88. The van der Waals surface area contributed by atoms with Crippen molar-refractivity contribution in [1.82, 2.24) is 15.0 Å². The van der Waals surface area contributed by atoms with E-state index in [1.807, 2.05) is 0 Å². The summed E-state index contributed by atoms with van der Waals surface area (Å²) in [5.41, 5.74) is 1.50. The van der Waals surface area contributed by atoms with E-state index in [4.69, 9.17) is 16.7 Å². The van der Waals surface area contributed by atoms with E-state index in [2.05, 4.69) is 15.0 Å². The summed E-state index contributed by atoms with van der Waals surface area (Å²) in [4.78, 5) is 21.8. The van der Waals surface area contributed by atoms with Crippen molar-refractivity contribution in [1.29, 1.82) is 0 Å². The van der Waals surface area contributed by atoms with E-state index in [0.717, 1.165) is 5.39 Å². The lowest BCUT2D eigenvalue weighted by Crippen LogP contribution is -1.94. The quantitative estimate of drug-likeness (QED) is 0.648. The number of fused-ring (bicyclic) bond motifs is 3. The van der Waals surface area contributed by atoms with Gasteiger partial charge in [-0.3, -0.25) is 0 Å². The number of aromatic amines is 1. The number of aromatic nitrogens is 3. The van der Waals surface area contributed by atoms with Gasteiger partial charge in [-0.05, 0) is 12.1 Å². The van der Waals surface area contributed by atoms with Crippen LogP contribution in [0.5, 0.6) is 0 Å². The van der Waals surface area contributed by atoms with Gasteiger partial charge in [-0.2, -0.15) is 0 Å². The lowest BCUT2D eigenvalue weighted by atomic mass is 10.1. The Balaban J connectivity index is 2.44. The predicted molar refractivity (Wildman–Crippen MR) is 63.4 cm³/mol. The molecule has 0 bridgehead atoms. The van der Waals surface area contributed by atoms with E-state index in [1.54, 1.807) is 12.1 Å². The van der Waals surface area contributed by atoms with Crippen molar-refractivity contribution in [2.45, 2.75) is 0 Å². The molecule has 1 aromatic carbocycles. The molecule has 0 spiro atoms. The van der Waals surface area contributed by atoms with Crippen molar-refractivity contribution in [2.75, 3.05) is 0 Å². The van der Waals surface area contributed by atoms with E-state index < -0.39 is 5.97 Å². The molecule has 0 fully saturated rings. The summed E-state index contributed by atoms with van der Waals surface area (Å²) in [6.45, 7) is 0. The van der Waals surface area contributed by atoms with Crippen LogP contribution >= 0.6 is 11.6 Å². The molecule has 0 aliphatic heterocycles. The molecule has 0 radical (unpaired) electrons. The molecule has 5 nitrogen and oxygen atoms in total. The lowest BCUT2D eigenvalue weighted by Gasteiger charge is -1.95. The Hall–Kier alpha value is -2.14. The maximum Gasteiger partial charge on any atom is 0.335 e. The van der Waals surface area contributed by atoms with Crippen LogP contribution in [0, 0.1) is 0 Å². The van der Waals surface area contributed by atoms with Gasteiger partial charge in [-0.1, -0.05) is 17.7 Å². The minimum absolute atomic E-state index is 0.216. The van der Waals surface area contributed by atoms with Gasteiger partial charge in [0.25, 0.3) is 0 Å². The van der Waals surface area contributed by atoms with Gasteiger partial charge in [0.1, 0.15) is 17.1 Å². The number of halogens is 1. The van der Waals surface area contributed by atoms with Crippen molar-refractivity contribution in [3.63, 3.8) is 0 Å². The Morgan fingerprint density at radius 2 is 2.18 bits per heavy atom. The first-order valence-corrected chi connectivity index (χ1v) is 5.20. The number of benzene rings is 1. The van der Waals surface area contributed by atoms with E-state index in [-0.39, 0.29) is 5.56 Å². The van der Waals surface area contributed by atoms with E-state index in [1.165, 1.54) is 12.4 Å². The molecule has 0 aliphatic carbocycles. The number of carbonyl (C=O) groups is 1. The highest BCUT2D eigenvalue weighted by Gasteiger charge is 2.11. The predicted octanol–water partition coefficient (Wildman–Crippen LogP) is 2.46. The SMILES string of the molecule is O=C(O)c1ccc2c(c1)[nH]c1ncnc(Cl)c12. The van der Waals surface area contributed by atoms with E-state index in [9.17, 15) is 4.79 Å². The molecule has 0 unspecified atom stereocenters. The van der Waals surface area contributed by atoms with Crippen LogP contribution in [0.15, 0.2) is 24.5 Å². The topological polar surface area (TPSA) is 78.9 Å². The molecule has 0 saturated heterocycles. The van der Waals surface area contributed by atoms with Crippen LogP contribution < -0.4 is 0 Å². The highest BCUT2D eigenvalue weighted by molar-refractivity contribution is 6.36. The standard InChI is InChI=1S/C11H6ClN3O2/c12-9-8-6-2-1-5(11(16)17)3-7(6)15-10(8)14-4-13-9/h1-4H,(H,16,17)(H,13,14,15). The van der Waals surface area contributed by atoms with Crippen molar-refractivity contribution >= 4 is 39.5 Å². The fraction of sp³-hybridized carbons (Fsp3) is 0. The normalized spacial score (nSPS) is 11.1. The number of aromatic carboxylic acids is 1. The van der Waals surface area contributed by atoms with Crippen molar-refractivity contribution in [2.24, 2.45) is 0 Å². The zero-order valence-electron chi connectivity index (χ0n) is 8.44. The van der Waals surface area contributed by atoms with Crippen LogP contribution in [0.2, 0.25) is 5.15 Å². The van der Waals surface area contributed by atoms with Crippen LogP contribution in [0.4, 0.5) is 0 Å². The van der Waals surface area contributed by atoms with Crippen molar-refractivity contribution < 1.29 is 9.90 Å². The van der Waals surface area contributed by atoms with Crippen molar-refractivity contribution in [3.05, 3.63) is 35.2 Å². The average molecular weight is 248 g/mol. The van der Waals surface area contributed by atoms with Gasteiger partial charge in [0.15, 0.2) is 0 Å². The van der Waals surface area contributed by atoms with Gasteiger partial charge in [0.05, 0.1) is 10.9 Å². The van der Waals surface area contributed by atoms with Crippen LogP contribution in [0.1, 0.15) is 10.4 Å². The molecule has 0 aliphatic rings. The van der Waals surface area contributed by atoms with Crippen LogP contribution in [-0.4, -0.2) is 26.0 Å². The molecule has 17 heavy (non-hydrogen) atoms. The minimum atomic E-state index is -0.970. The lowest BCUT2D eigenvalue weighted by molar-refractivity contribution is 0.0697. The summed E-state index contributed by atoms with van der Waals surface area (Å²) in [6.07, 6.45) is 1.36. The molecule has 0 saturated carbocycles. The van der Waals surface area contributed by atoms with Gasteiger partial charge < -0.3 is 10.1 Å². The summed E-state index contributed by atoms with van der Waals surface area (Å²) in [5.74, 6) is -0.970. The monoisotopic (exact) mass is 247 g/mol. The number of rotatable bonds is 1. The molecule has 3 rings (SSSR count). The molecular weight excluding hydrogens is 242 g/mol. The third-order valence-electron chi connectivity index (χ3n) is 2.59. The summed E-state index contributed by atoms with van der Waals surface area (Å²) in [7, 11) is 0. The summed E-state index contributed by atoms with van der Waals surface area (Å²) >= 11 is 5.99. The number of H-pyrrole nitrogens is 1. The zero-order valence-corrected chi connectivity index (χ0v) is 9.19. The zero-order chi connectivity index (χ0) is 12.0. The van der Waals surface area contributed by atoms with E-state index in [0.29, 0.717) is 21.7 Å². The smallest absolute Gasteiger partial charge is 0.335 e. The Labute approximate surface area is 100 Å². The summed E-state index contributed by atoms with van der Waals surface area (Å²) in [5, 5.41) is 10.8. The first-order valence-electron chi connectivity index (χ1n) is 4.82. The number of nitrogens with zero attached hydrogens (tertiary/aromatic N) is 2. The van der Waals surface area contributed by atoms with Crippen molar-refractivity contribution in [3.8, 4) is 0 Å². The van der Waals surface area contributed by atoms with Crippen LogP contribution in [0.25, 0.3) is 21.9 Å². The van der Waals surface area contributed by atoms with E-state index >= 15 is 0 Å². The molecule has 6 heteroatoms. The van der Waals surface area contributed by atoms with Gasteiger partial charge in [-0.25, -0.2) is 14.8 Å². The Morgan fingerprint density at radius 3 is 2.94 bits per heavy atom. The number of carboxylic acids is 1. The van der Waals surface area contributed by atoms with Crippen LogP contribution in [-0.2, 0) is 0 Å². The van der Waals surface area contributed by atoms with Gasteiger partial charge in [-0.15, -0.1) is 0 Å². The first kappa shape index (κ1) is 10.0. The largest absolute Gasteiger partial charge is 0.478 e. The Kier molecular flexibility index (Phi) is 2.02. The second-order valence-electron chi connectivity index (χ2n) is 3.58. The van der Waals surface area contributed by atoms with Gasteiger partial charge in [0.2, 0.25) is 0 Å². The highest BCUT2D eigenvalue weighted by atomic mass is 35.5. The molecule has 3 aromatic rings. The second-order valence-corrected chi connectivity index (χ2v) is 3.94. The summed E-state index contributed by atoms with van der Waals surface area (Å²) < 4.78 is 0. The molecule has 84 valence electrons. The second kappa shape index (κ2) is 3.43. The van der Waals surface area contributed by atoms with Gasteiger partial charge in [0, 0.05) is 10.9 Å². The molecule has 2 heterocycles. The number of hydrogen-bond acceptors (Lipinski definition) is 3. The molecule has 2 aromatic heterocycles.